The molecular formula is C23H17ClN4O. The number of aliphatic hydroxyl groups excluding tert-OH is 1. The third-order valence-electron chi connectivity index (χ3n) is 5.10. The largest absolute Gasteiger partial charge is 0.509 e. The van der Waals surface area contributed by atoms with Crippen molar-refractivity contribution in [1.29, 1.82) is 5.41 Å². The molecule has 1 aromatic heterocycles. The molecule has 0 saturated heterocycles. The van der Waals surface area contributed by atoms with Gasteiger partial charge in [0, 0.05) is 10.7 Å². The molecule has 3 aromatic carbocycles. The lowest BCUT2D eigenvalue weighted by Crippen LogP contribution is -2.29. The number of aromatic nitrogens is 2. The lowest BCUT2D eigenvalue weighted by molar-refractivity contribution is 0.379. The van der Waals surface area contributed by atoms with E-state index in [1.54, 1.807) is 17.0 Å². The molecule has 0 radical (unpaired) electrons. The van der Waals surface area contributed by atoms with E-state index in [-0.39, 0.29) is 11.6 Å². The van der Waals surface area contributed by atoms with Gasteiger partial charge in [-0.25, -0.2) is 4.98 Å². The molecule has 5 rings (SSSR count). The molecule has 4 aromatic rings. The molecule has 2 heterocycles. The molecule has 0 aliphatic carbocycles. The zero-order chi connectivity index (χ0) is 20.0. The first-order valence-corrected chi connectivity index (χ1v) is 9.58. The van der Waals surface area contributed by atoms with Crippen LogP contribution < -0.4 is 4.90 Å². The van der Waals surface area contributed by atoms with Gasteiger partial charge in [0.1, 0.15) is 23.5 Å². The summed E-state index contributed by atoms with van der Waals surface area (Å²) in [4.78, 5) is 9.63. The summed E-state index contributed by atoms with van der Waals surface area (Å²) in [6, 6.07) is 24.1. The zero-order valence-electron chi connectivity index (χ0n) is 15.3. The number of nitrogens with one attached hydrogen (secondary N) is 2. The number of aliphatic hydroxyl groups is 1. The molecule has 1 aliphatic heterocycles. The van der Waals surface area contributed by atoms with Crippen molar-refractivity contribution in [3.8, 4) is 0 Å². The van der Waals surface area contributed by atoms with Crippen LogP contribution in [0.4, 0.5) is 5.69 Å². The SMILES string of the molecule is N=C1C(c2nc3ccccc3[nH]2)=C(O)C(c2ccccc2)N1c1ccc(Cl)cc1. The van der Waals surface area contributed by atoms with Crippen molar-refractivity contribution in [2.24, 2.45) is 0 Å². The van der Waals surface area contributed by atoms with Crippen molar-refractivity contribution in [3.63, 3.8) is 0 Å². The highest BCUT2D eigenvalue weighted by Gasteiger charge is 2.40. The zero-order valence-corrected chi connectivity index (χ0v) is 16.1. The van der Waals surface area contributed by atoms with Gasteiger partial charge in [-0.1, -0.05) is 54.1 Å². The minimum absolute atomic E-state index is 0.0928. The van der Waals surface area contributed by atoms with E-state index in [2.05, 4.69) is 9.97 Å². The number of hydrogen-bond acceptors (Lipinski definition) is 3. The number of benzene rings is 3. The van der Waals surface area contributed by atoms with E-state index >= 15 is 0 Å². The lowest BCUT2D eigenvalue weighted by Gasteiger charge is -2.27. The van der Waals surface area contributed by atoms with Gasteiger partial charge in [-0.05, 0) is 42.0 Å². The maximum atomic E-state index is 11.2. The van der Waals surface area contributed by atoms with Crippen molar-refractivity contribution in [2.75, 3.05) is 4.90 Å². The van der Waals surface area contributed by atoms with Gasteiger partial charge >= 0.3 is 0 Å². The average molecular weight is 401 g/mol. The van der Waals surface area contributed by atoms with E-state index in [4.69, 9.17) is 17.0 Å². The number of anilines is 1. The standard InChI is InChI=1S/C23H17ClN4O/c24-15-10-12-16(13-11-15)28-20(14-6-2-1-3-7-14)21(29)19(22(28)25)23-26-17-8-4-5-9-18(17)27-23/h1-13,20,25,29H,(H,26,27). The van der Waals surface area contributed by atoms with E-state index in [9.17, 15) is 5.11 Å². The van der Waals surface area contributed by atoms with Crippen molar-refractivity contribution in [2.45, 2.75) is 6.04 Å². The van der Waals surface area contributed by atoms with Crippen LogP contribution >= 0.6 is 11.6 Å². The summed E-state index contributed by atoms with van der Waals surface area (Å²) in [5.41, 5.74) is 3.69. The lowest BCUT2D eigenvalue weighted by atomic mass is 10.0. The number of fused-ring (bicyclic) bond motifs is 1. The molecular weight excluding hydrogens is 384 g/mol. The summed E-state index contributed by atoms with van der Waals surface area (Å²) in [7, 11) is 0. The summed E-state index contributed by atoms with van der Waals surface area (Å²) in [5.74, 6) is 0.749. The van der Waals surface area contributed by atoms with Gasteiger partial charge in [0.05, 0.1) is 16.6 Å². The first-order chi connectivity index (χ1) is 14.1. The monoisotopic (exact) mass is 400 g/mol. The van der Waals surface area contributed by atoms with Crippen LogP contribution in [0.3, 0.4) is 0 Å². The third kappa shape index (κ3) is 2.87. The minimum atomic E-state index is -0.520. The first-order valence-electron chi connectivity index (χ1n) is 9.20. The van der Waals surface area contributed by atoms with Crippen molar-refractivity contribution >= 4 is 39.7 Å². The molecule has 5 nitrogen and oxygen atoms in total. The van der Waals surface area contributed by atoms with E-state index in [1.165, 1.54) is 0 Å². The Labute approximate surface area is 172 Å². The summed E-state index contributed by atoms with van der Waals surface area (Å²) in [5, 5.41) is 20.8. The van der Waals surface area contributed by atoms with Gasteiger partial charge in [-0.2, -0.15) is 0 Å². The molecule has 1 aliphatic rings. The van der Waals surface area contributed by atoms with Crippen LogP contribution in [0.2, 0.25) is 5.02 Å². The Hall–Kier alpha value is -3.57. The predicted molar refractivity (Wildman–Crippen MR) is 116 cm³/mol. The number of aromatic amines is 1. The average Bonchev–Trinajstić information content (AvgIpc) is 3.27. The number of amidine groups is 1. The maximum absolute atomic E-state index is 11.2. The summed E-state index contributed by atoms with van der Waals surface area (Å²) < 4.78 is 0. The van der Waals surface area contributed by atoms with E-state index < -0.39 is 6.04 Å². The van der Waals surface area contributed by atoms with Crippen molar-refractivity contribution in [1.82, 2.24) is 9.97 Å². The second-order valence-electron chi connectivity index (χ2n) is 6.87. The topological polar surface area (TPSA) is 76.0 Å². The van der Waals surface area contributed by atoms with Gasteiger partial charge in [0.15, 0.2) is 0 Å². The number of rotatable bonds is 3. The quantitative estimate of drug-likeness (QED) is 0.411. The molecule has 0 bridgehead atoms. The highest BCUT2D eigenvalue weighted by Crippen LogP contribution is 2.43. The molecule has 0 saturated carbocycles. The molecule has 0 amide bonds. The Morgan fingerprint density at radius 2 is 1.62 bits per heavy atom. The van der Waals surface area contributed by atoms with E-state index in [0.717, 1.165) is 22.3 Å². The van der Waals surface area contributed by atoms with Crippen molar-refractivity contribution < 1.29 is 5.11 Å². The van der Waals surface area contributed by atoms with Crippen molar-refractivity contribution in [3.05, 3.63) is 101 Å². The number of imidazole rings is 1. The molecule has 3 N–H and O–H groups in total. The fourth-order valence-electron chi connectivity index (χ4n) is 3.76. The Bertz CT molecular complexity index is 1210. The molecule has 1 atom stereocenters. The predicted octanol–water partition coefficient (Wildman–Crippen LogP) is 5.72. The Morgan fingerprint density at radius 3 is 2.34 bits per heavy atom. The van der Waals surface area contributed by atoms with Gasteiger partial charge in [-0.15, -0.1) is 0 Å². The summed E-state index contributed by atoms with van der Waals surface area (Å²) >= 11 is 6.06. The fourth-order valence-corrected chi connectivity index (χ4v) is 3.88. The number of para-hydroxylation sites is 2. The minimum Gasteiger partial charge on any atom is -0.509 e. The van der Waals surface area contributed by atoms with Gasteiger partial charge in [-0.3, -0.25) is 5.41 Å². The summed E-state index contributed by atoms with van der Waals surface area (Å²) in [6.07, 6.45) is 0. The Morgan fingerprint density at radius 1 is 0.931 bits per heavy atom. The highest BCUT2D eigenvalue weighted by molar-refractivity contribution is 6.32. The molecule has 6 heteroatoms. The molecule has 0 fully saturated rings. The van der Waals surface area contributed by atoms with Crippen LogP contribution in [0.25, 0.3) is 16.6 Å². The summed E-state index contributed by atoms with van der Waals surface area (Å²) in [6.45, 7) is 0. The van der Waals surface area contributed by atoms with Crippen LogP contribution in [0.5, 0.6) is 0 Å². The highest BCUT2D eigenvalue weighted by atomic mass is 35.5. The smallest absolute Gasteiger partial charge is 0.145 e. The number of halogens is 1. The molecule has 142 valence electrons. The van der Waals surface area contributed by atoms with Crippen LogP contribution in [0.15, 0.2) is 84.6 Å². The molecule has 29 heavy (non-hydrogen) atoms. The number of hydrogen-bond donors (Lipinski definition) is 3. The normalized spacial score (nSPS) is 16.8. The van der Waals surface area contributed by atoms with Gasteiger partial charge in [0.2, 0.25) is 0 Å². The maximum Gasteiger partial charge on any atom is 0.145 e. The van der Waals surface area contributed by atoms with Crippen LogP contribution in [0, 0.1) is 5.41 Å². The number of nitrogens with zero attached hydrogens (tertiary/aromatic N) is 2. The van der Waals surface area contributed by atoms with Crippen LogP contribution in [-0.4, -0.2) is 20.9 Å². The van der Waals surface area contributed by atoms with E-state index in [1.807, 2.05) is 66.7 Å². The Balaban J connectivity index is 1.69. The molecule has 0 spiro atoms. The molecule has 1 unspecified atom stereocenters. The van der Waals surface area contributed by atoms with Crippen LogP contribution in [-0.2, 0) is 0 Å². The first kappa shape index (κ1) is 17.5. The second kappa shape index (κ2) is 6.79. The third-order valence-corrected chi connectivity index (χ3v) is 5.35. The number of H-pyrrole nitrogens is 1. The van der Waals surface area contributed by atoms with Crippen LogP contribution in [0.1, 0.15) is 17.4 Å². The fraction of sp³-hybridized carbons (Fsp3) is 0.0435. The second-order valence-corrected chi connectivity index (χ2v) is 7.31. The van der Waals surface area contributed by atoms with Gasteiger partial charge in [0.25, 0.3) is 0 Å². The van der Waals surface area contributed by atoms with E-state index in [0.29, 0.717) is 16.4 Å². The van der Waals surface area contributed by atoms with Gasteiger partial charge < -0.3 is 15.0 Å². The Kier molecular flexibility index (Phi) is 4.11.